The Morgan fingerprint density at radius 3 is 2.88 bits per heavy atom. The number of hydrogen-bond acceptors (Lipinski definition) is 5. The second kappa shape index (κ2) is 3.92. The molecule has 0 fully saturated rings. The van der Waals surface area contributed by atoms with Crippen molar-refractivity contribution in [2.75, 3.05) is 10.9 Å². The van der Waals surface area contributed by atoms with Gasteiger partial charge in [-0.05, 0) is 30.7 Å². The highest BCUT2D eigenvalue weighted by Crippen LogP contribution is 2.35. The molecule has 0 aliphatic carbocycles. The molecule has 0 saturated heterocycles. The summed E-state index contributed by atoms with van der Waals surface area (Å²) < 4.78 is 28.9. The Morgan fingerprint density at radius 1 is 1.53 bits per heavy atom. The molecule has 0 unspecified atom stereocenters. The van der Waals surface area contributed by atoms with Crippen molar-refractivity contribution in [3.05, 3.63) is 23.8 Å². The van der Waals surface area contributed by atoms with Gasteiger partial charge in [-0.3, -0.25) is 0 Å². The minimum atomic E-state index is -3.74. The van der Waals surface area contributed by atoms with Crippen LogP contribution in [0.5, 0.6) is 5.75 Å². The Bertz CT molecular complexity index is 566. The van der Waals surface area contributed by atoms with Crippen LogP contribution in [-0.2, 0) is 20.5 Å². The number of carbonyl (C=O) groups excluding carboxylic acids is 1. The Morgan fingerprint density at radius 2 is 2.24 bits per heavy atom. The molecule has 2 rings (SSSR count). The van der Waals surface area contributed by atoms with Crippen LogP contribution in [0.1, 0.15) is 12.5 Å². The van der Waals surface area contributed by atoms with Gasteiger partial charge in [0.15, 0.2) is 0 Å². The second-order valence-electron chi connectivity index (χ2n) is 3.53. The number of fused-ring (bicyclic) bond motifs is 1. The van der Waals surface area contributed by atoms with Crippen molar-refractivity contribution in [2.45, 2.75) is 12.7 Å². The monoisotopic (exact) mass is 257 g/mol. The van der Waals surface area contributed by atoms with E-state index in [1.54, 1.807) is 6.92 Å². The van der Waals surface area contributed by atoms with Crippen LogP contribution in [0, 0.1) is 0 Å². The minimum Gasteiger partial charge on any atom is -0.508 e. The number of phenols is 1. The number of anilines is 1. The molecule has 0 saturated carbocycles. The van der Waals surface area contributed by atoms with Crippen LogP contribution < -0.4 is 4.31 Å². The lowest BCUT2D eigenvalue weighted by atomic mass is 10.2. The maximum absolute atomic E-state index is 11.8. The third kappa shape index (κ3) is 1.93. The van der Waals surface area contributed by atoms with Crippen LogP contribution in [-0.4, -0.2) is 26.2 Å². The van der Waals surface area contributed by atoms with Gasteiger partial charge in [0.1, 0.15) is 5.75 Å². The first-order valence-electron chi connectivity index (χ1n) is 4.97. The minimum absolute atomic E-state index is 0.0374. The number of carbonyl (C=O) groups is 1. The molecule has 0 spiro atoms. The van der Waals surface area contributed by atoms with Crippen LogP contribution in [0.4, 0.5) is 10.5 Å². The van der Waals surface area contributed by atoms with E-state index >= 15 is 0 Å². The molecule has 1 N–H and O–H groups in total. The lowest BCUT2D eigenvalue weighted by molar-refractivity contribution is 0.164. The van der Waals surface area contributed by atoms with Gasteiger partial charge < -0.3 is 9.84 Å². The highest BCUT2D eigenvalue weighted by Gasteiger charge is 2.39. The van der Waals surface area contributed by atoms with Crippen molar-refractivity contribution in [1.29, 1.82) is 0 Å². The highest BCUT2D eigenvalue weighted by molar-refractivity contribution is 7.93. The van der Waals surface area contributed by atoms with Gasteiger partial charge in [-0.25, -0.2) is 13.2 Å². The number of rotatable bonds is 1. The Hall–Kier alpha value is -1.76. The average molecular weight is 257 g/mol. The zero-order chi connectivity index (χ0) is 12.6. The summed E-state index contributed by atoms with van der Waals surface area (Å²) in [6, 6.07) is 4.03. The van der Waals surface area contributed by atoms with Crippen molar-refractivity contribution >= 4 is 21.8 Å². The molecule has 0 aromatic heterocycles. The fourth-order valence-corrected chi connectivity index (χ4v) is 3.20. The summed E-state index contributed by atoms with van der Waals surface area (Å²) in [5.74, 6) is -0.347. The Balaban J connectivity index is 2.49. The van der Waals surface area contributed by atoms with E-state index in [0.717, 1.165) is 0 Å². The molecule has 0 atom stereocenters. The van der Waals surface area contributed by atoms with Crippen LogP contribution in [0.15, 0.2) is 18.2 Å². The molecule has 7 heteroatoms. The zero-order valence-corrected chi connectivity index (χ0v) is 9.90. The average Bonchev–Trinajstić information content (AvgIpc) is 2.47. The summed E-state index contributed by atoms with van der Waals surface area (Å²) in [4.78, 5) is 11.6. The molecule has 1 aliphatic rings. The highest BCUT2D eigenvalue weighted by atomic mass is 32.2. The van der Waals surface area contributed by atoms with E-state index in [1.807, 2.05) is 0 Å². The molecule has 1 aromatic rings. The smallest absolute Gasteiger partial charge is 0.428 e. The van der Waals surface area contributed by atoms with Crippen molar-refractivity contribution in [1.82, 2.24) is 0 Å². The molecular formula is C10H11NO5S. The lowest BCUT2D eigenvalue weighted by Crippen LogP contribution is -2.34. The fraction of sp³-hybridized carbons (Fsp3) is 0.300. The number of phenolic OH excluding ortho intramolecular Hbond substituents is 1. The van der Waals surface area contributed by atoms with Crippen LogP contribution >= 0.6 is 0 Å². The van der Waals surface area contributed by atoms with Gasteiger partial charge in [0.2, 0.25) is 10.0 Å². The van der Waals surface area contributed by atoms with Gasteiger partial charge >= 0.3 is 6.09 Å². The summed E-state index contributed by atoms with van der Waals surface area (Å²) in [5, 5.41) is 9.27. The topological polar surface area (TPSA) is 83.9 Å². The summed E-state index contributed by atoms with van der Waals surface area (Å²) in [5.41, 5.74) is 0.624. The SMILES string of the molecule is CCOC(=O)N1c2ccc(O)cc2CS1(=O)=O. The fourth-order valence-electron chi connectivity index (χ4n) is 1.69. The van der Waals surface area contributed by atoms with Gasteiger partial charge in [-0.15, -0.1) is 0 Å². The van der Waals surface area contributed by atoms with E-state index in [2.05, 4.69) is 0 Å². The third-order valence-corrected chi connectivity index (χ3v) is 3.91. The molecule has 1 aromatic carbocycles. The quantitative estimate of drug-likeness (QED) is 0.817. The number of ether oxygens (including phenoxy) is 1. The first-order chi connectivity index (χ1) is 7.95. The van der Waals surface area contributed by atoms with Crippen LogP contribution in [0.2, 0.25) is 0 Å². The van der Waals surface area contributed by atoms with E-state index < -0.39 is 16.1 Å². The summed E-state index contributed by atoms with van der Waals surface area (Å²) in [6.45, 7) is 1.69. The Labute approximate surface area is 98.5 Å². The third-order valence-electron chi connectivity index (χ3n) is 2.33. The van der Waals surface area contributed by atoms with Gasteiger partial charge in [0, 0.05) is 0 Å². The van der Waals surface area contributed by atoms with Gasteiger partial charge in [-0.1, -0.05) is 0 Å². The van der Waals surface area contributed by atoms with Gasteiger partial charge in [-0.2, -0.15) is 4.31 Å². The van der Waals surface area contributed by atoms with Crippen molar-refractivity contribution in [3.63, 3.8) is 0 Å². The van der Waals surface area contributed by atoms with Crippen LogP contribution in [0.3, 0.4) is 0 Å². The van der Waals surface area contributed by atoms with E-state index in [1.165, 1.54) is 18.2 Å². The van der Waals surface area contributed by atoms with Crippen molar-refractivity contribution in [3.8, 4) is 5.75 Å². The number of hydrogen-bond donors (Lipinski definition) is 1. The van der Waals surface area contributed by atoms with Crippen molar-refractivity contribution < 1.29 is 23.1 Å². The molecular weight excluding hydrogens is 246 g/mol. The molecule has 6 nitrogen and oxygen atoms in total. The largest absolute Gasteiger partial charge is 0.508 e. The normalized spacial score (nSPS) is 16.6. The molecule has 17 heavy (non-hydrogen) atoms. The number of amides is 1. The number of aromatic hydroxyl groups is 1. The van der Waals surface area contributed by atoms with E-state index in [4.69, 9.17) is 4.74 Å². The number of sulfonamides is 1. The summed E-state index contributed by atoms with van der Waals surface area (Å²) in [6.07, 6.45) is -0.920. The molecule has 0 radical (unpaired) electrons. The first-order valence-corrected chi connectivity index (χ1v) is 6.58. The predicted octanol–water partition coefficient (Wildman–Crippen LogP) is 1.20. The molecule has 92 valence electrons. The lowest BCUT2D eigenvalue weighted by Gasteiger charge is -2.15. The molecule has 1 heterocycles. The molecule has 1 aliphatic heterocycles. The standard InChI is InChI=1S/C10H11NO5S/c1-2-16-10(13)11-9-4-3-8(12)5-7(9)6-17(11,14)15/h3-5,12H,2,6H2,1H3. The zero-order valence-electron chi connectivity index (χ0n) is 9.08. The van der Waals surface area contributed by atoms with E-state index in [9.17, 15) is 18.3 Å². The van der Waals surface area contributed by atoms with Gasteiger partial charge in [0.25, 0.3) is 0 Å². The summed E-state index contributed by atoms with van der Waals surface area (Å²) in [7, 11) is -3.74. The molecule has 1 amide bonds. The number of benzene rings is 1. The summed E-state index contributed by atoms with van der Waals surface area (Å²) >= 11 is 0. The Kier molecular flexibility index (Phi) is 2.70. The maximum atomic E-state index is 11.8. The second-order valence-corrected chi connectivity index (χ2v) is 5.35. The van der Waals surface area contributed by atoms with Crippen molar-refractivity contribution in [2.24, 2.45) is 0 Å². The van der Waals surface area contributed by atoms with Crippen LogP contribution in [0.25, 0.3) is 0 Å². The van der Waals surface area contributed by atoms with E-state index in [-0.39, 0.29) is 23.8 Å². The van der Waals surface area contributed by atoms with E-state index in [0.29, 0.717) is 9.87 Å². The maximum Gasteiger partial charge on any atom is 0.428 e. The first kappa shape index (κ1) is 11.7. The predicted molar refractivity (Wildman–Crippen MR) is 60.2 cm³/mol. The van der Waals surface area contributed by atoms with Gasteiger partial charge in [0.05, 0.1) is 18.0 Å². The number of nitrogens with zero attached hydrogens (tertiary/aromatic N) is 1. The molecule has 0 bridgehead atoms.